The summed E-state index contributed by atoms with van der Waals surface area (Å²) in [6.07, 6.45) is 0. The van der Waals surface area contributed by atoms with Gasteiger partial charge in [-0.1, -0.05) is 42.2 Å². The molecule has 0 aliphatic rings. The van der Waals surface area contributed by atoms with Gasteiger partial charge in [-0.3, -0.25) is 0 Å². The van der Waals surface area contributed by atoms with Crippen LogP contribution in [0.5, 0.6) is 0 Å². The Bertz CT molecular complexity index is 478. The van der Waals surface area contributed by atoms with Crippen LogP contribution in [0, 0.1) is 0 Å². The van der Waals surface area contributed by atoms with Gasteiger partial charge < -0.3 is 15.5 Å². The van der Waals surface area contributed by atoms with Gasteiger partial charge in [-0.25, -0.2) is 0 Å². The molecule has 0 fully saturated rings. The van der Waals surface area contributed by atoms with Crippen molar-refractivity contribution in [2.45, 2.75) is 19.8 Å². The van der Waals surface area contributed by atoms with Crippen molar-refractivity contribution in [3.05, 3.63) is 29.8 Å². The Hall–Kier alpha value is -2.04. The molecule has 5 nitrogen and oxygen atoms in total. The predicted molar refractivity (Wildman–Crippen MR) is 62.5 cm³/mol. The van der Waals surface area contributed by atoms with E-state index in [2.05, 4.69) is 35.4 Å². The Morgan fingerprint density at radius 3 is 2.62 bits per heavy atom. The van der Waals surface area contributed by atoms with E-state index in [1.54, 1.807) is 0 Å². The Balaban J connectivity index is 2.27. The average Bonchev–Trinajstić information content (AvgIpc) is 2.64. The lowest BCUT2D eigenvalue weighted by atomic mass is 10.0. The van der Waals surface area contributed by atoms with E-state index >= 15 is 0 Å². The zero-order valence-corrected chi connectivity index (χ0v) is 9.27. The lowest BCUT2D eigenvalue weighted by Gasteiger charge is -2.11. The molecule has 0 amide bonds. The number of hydrogen-bond donors (Lipinski definition) is 2. The van der Waals surface area contributed by atoms with Gasteiger partial charge in [-0.15, -0.1) is 0 Å². The van der Waals surface area contributed by atoms with E-state index in [1.807, 2.05) is 18.2 Å². The standard InChI is InChI=1S/C11H14N4O/c1-7(2)8-5-3-4-6-9(8)13-11-15-14-10(12)16-11/h3-7H,1-2H3,(H2,12,14)(H,13,15). The number of para-hydroxylation sites is 1. The molecule has 0 radical (unpaired) electrons. The topological polar surface area (TPSA) is 77.0 Å². The van der Waals surface area contributed by atoms with Crippen molar-refractivity contribution in [2.24, 2.45) is 0 Å². The fraction of sp³-hybridized carbons (Fsp3) is 0.273. The molecular formula is C11H14N4O. The van der Waals surface area contributed by atoms with Crippen LogP contribution in [0.3, 0.4) is 0 Å². The summed E-state index contributed by atoms with van der Waals surface area (Å²) in [5.41, 5.74) is 7.50. The second-order valence-corrected chi connectivity index (χ2v) is 3.81. The first kappa shape index (κ1) is 10.5. The smallest absolute Gasteiger partial charge is 0.321 e. The Kier molecular flexibility index (Phi) is 2.76. The monoisotopic (exact) mass is 218 g/mol. The molecule has 0 saturated heterocycles. The first-order chi connectivity index (χ1) is 7.66. The van der Waals surface area contributed by atoms with E-state index in [0.717, 1.165) is 5.69 Å². The van der Waals surface area contributed by atoms with Gasteiger partial charge in [0.1, 0.15) is 0 Å². The minimum Gasteiger partial charge on any atom is -0.389 e. The predicted octanol–water partition coefficient (Wildman–Crippen LogP) is 2.52. The van der Waals surface area contributed by atoms with Crippen LogP contribution in [0.1, 0.15) is 25.3 Å². The van der Waals surface area contributed by atoms with E-state index in [0.29, 0.717) is 11.9 Å². The average molecular weight is 218 g/mol. The number of rotatable bonds is 3. The molecule has 3 N–H and O–H groups in total. The highest BCUT2D eigenvalue weighted by molar-refractivity contribution is 5.58. The van der Waals surface area contributed by atoms with Crippen LogP contribution in [0.2, 0.25) is 0 Å². The number of nitrogen functional groups attached to an aromatic ring is 1. The van der Waals surface area contributed by atoms with E-state index in [1.165, 1.54) is 5.56 Å². The van der Waals surface area contributed by atoms with Crippen LogP contribution >= 0.6 is 0 Å². The molecule has 2 rings (SSSR count). The number of aromatic nitrogens is 2. The molecule has 84 valence electrons. The molecule has 0 aliphatic carbocycles. The number of nitrogens with zero attached hydrogens (tertiary/aromatic N) is 2. The lowest BCUT2D eigenvalue weighted by Crippen LogP contribution is -1.97. The van der Waals surface area contributed by atoms with Crippen LogP contribution in [0.25, 0.3) is 0 Å². The van der Waals surface area contributed by atoms with Crippen molar-refractivity contribution in [1.29, 1.82) is 0 Å². The highest BCUT2D eigenvalue weighted by atomic mass is 16.4. The summed E-state index contributed by atoms with van der Waals surface area (Å²) in [5, 5.41) is 10.4. The molecule has 0 bridgehead atoms. The summed E-state index contributed by atoms with van der Waals surface area (Å²) >= 11 is 0. The minimum absolute atomic E-state index is 0.0597. The number of nitrogens with two attached hydrogens (primary N) is 1. The zero-order valence-electron chi connectivity index (χ0n) is 9.27. The van der Waals surface area contributed by atoms with Crippen molar-refractivity contribution in [3.63, 3.8) is 0 Å². The third-order valence-corrected chi connectivity index (χ3v) is 2.27. The largest absolute Gasteiger partial charge is 0.389 e. The van der Waals surface area contributed by atoms with Gasteiger partial charge in [0, 0.05) is 5.69 Å². The van der Waals surface area contributed by atoms with Crippen molar-refractivity contribution in [3.8, 4) is 0 Å². The highest BCUT2D eigenvalue weighted by Crippen LogP contribution is 2.26. The van der Waals surface area contributed by atoms with Gasteiger partial charge in [-0.2, -0.15) is 0 Å². The number of nitrogens with one attached hydrogen (secondary N) is 1. The molecule has 16 heavy (non-hydrogen) atoms. The van der Waals surface area contributed by atoms with E-state index < -0.39 is 0 Å². The summed E-state index contributed by atoms with van der Waals surface area (Å²) in [6, 6.07) is 8.36. The summed E-state index contributed by atoms with van der Waals surface area (Å²) in [5.74, 6) is 0.420. The van der Waals surface area contributed by atoms with Crippen LogP contribution in [0.4, 0.5) is 17.7 Å². The van der Waals surface area contributed by atoms with Crippen LogP contribution in [-0.4, -0.2) is 10.2 Å². The first-order valence-corrected chi connectivity index (χ1v) is 5.11. The van der Waals surface area contributed by atoms with Crippen molar-refractivity contribution < 1.29 is 4.42 Å². The summed E-state index contributed by atoms with van der Waals surface area (Å²) < 4.78 is 5.07. The van der Waals surface area contributed by atoms with Gasteiger partial charge >= 0.3 is 12.0 Å². The SMILES string of the molecule is CC(C)c1ccccc1Nc1nnc(N)o1. The van der Waals surface area contributed by atoms with E-state index in [4.69, 9.17) is 10.2 Å². The molecule has 0 aliphatic heterocycles. The molecule has 0 unspecified atom stereocenters. The van der Waals surface area contributed by atoms with Gasteiger partial charge in [0.05, 0.1) is 0 Å². The maximum absolute atomic E-state index is 5.35. The van der Waals surface area contributed by atoms with Gasteiger partial charge in [0.15, 0.2) is 0 Å². The lowest BCUT2D eigenvalue weighted by molar-refractivity contribution is 0.593. The number of benzene rings is 1. The number of anilines is 3. The third-order valence-electron chi connectivity index (χ3n) is 2.27. The first-order valence-electron chi connectivity index (χ1n) is 5.11. The van der Waals surface area contributed by atoms with Crippen LogP contribution in [0.15, 0.2) is 28.7 Å². The molecule has 0 atom stereocenters. The maximum Gasteiger partial charge on any atom is 0.321 e. The third kappa shape index (κ3) is 2.13. The second kappa shape index (κ2) is 4.22. The Morgan fingerprint density at radius 2 is 2.00 bits per heavy atom. The normalized spacial score (nSPS) is 10.7. The molecule has 5 heteroatoms. The fourth-order valence-corrected chi connectivity index (χ4v) is 1.51. The van der Waals surface area contributed by atoms with Gasteiger partial charge in [0.2, 0.25) is 0 Å². The second-order valence-electron chi connectivity index (χ2n) is 3.81. The van der Waals surface area contributed by atoms with Crippen molar-refractivity contribution in [2.75, 3.05) is 11.1 Å². The quantitative estimate of drug-likeness (QED) is 0.827. The van der Waals surface area contributed by atoms with Crippen LogP contribution in [-0.2, 0) is 0 Å². The maximum atomic E-state index is 5.35. The van der Waals surface area contributed by atoms with Crippen molar-refractivity contribution >= 4 is 17.7 Å². The highest BCUT2D eigenvalue weighted by Gasteiger charge is 2.08. The summed E-state index contributed by atoms with van der Waals surface area (Å²) in [7, 11) is 0. The fourth-order valence-electron chi connectivity index (χ4n) is 1.51. The minimum atomic E-state index is 0.0597. The molecule has 1 heterocycles. The summed E-state index contributed by atoms with van der Waals surface area (Å²) in [6.45, 7) is 4.26. The van der Waals surface area contributed by atoms with Gasteiger partial charge in [0.25, 0.3) is 0 Å². The Morgan fingerprint density at radius 1 is 1.25 bits per heavy atom. The molecule has 1 aromatic heterocycles. The van der Waals surface area contributed by atoms with Crippen LogP contribution < -0.4 is 11.1 Å². The molecule has 2 aromatic rings. The van der Waals surface area contributed by atoms with Crippen molar-refractivity contribution in [1.82, 2.24) is 10.2 Å². The molecule has 0 saturated carbocycles. The van der Waals surface area contributed by atoms with Gasteiger partial charge in [-0.05, 0) is 17.5 Å². The van der Waals surface area contributed by atoms with E-state index in [9.17, 15) is 0 Å². The zero-order chi connectivity index (χ0) is 11.5. The molecular weight excluding hydrogens is 204 g/mol. The Labute approximate surface area is 93.7 Å². The number of hydrogen-bond acceptors (Lipinski definition) is 5. The summed E-state index contributed by atoms with van der Waals surface area (Å²) in [4.78, 5) is 0. The van der Waals surface area contributed by atoms with E-state index in [-0.39, 0.29) is 6.01 Å². The molecule has 1 aromatic carbocycles. The molecule has 0 spiro atoms.